The predicted molar refractivity (Wildman–Crippen MR) is 114 cm³/mol. The van der Waals surface area contributed by atoms with Gasteiger partial charge in [0, 0.05) is 36.4 Å². The largest absolute Gasteiger partial charge is 0.326 e. The van der Waals surface area contributed by atoms with Gasteiger partial charge in [0.2, 0.25) is 0 Å². The van der Waals surface area contributed by atoms with E-state index in [0.717, 1.165) is 17.1 Å². The van der Waals surface area contributed by atoms with Crippen LogP contribution in [0.25, 0.3) is 28.2 Å². The molecule has 0 aliphatic carbocycles. The van der Waals surface area contributed by atoms with Gasteiger partial charge in [-0.15, -0.1) is 0 Å². The summed E-state index contributed by atoms with van der Waals surface area (Å²) in [5.74, 6) is 0.182. The molecule has 31 heavy (non-hydrogen) atoms. The molecule has 8 nitrogen and oxygen atoms in total. The Kier molecular flexibility index (Phi) is 4.45. The van der Waals surface area contributed by atoms with Crippen LogP contribution in [0.5, 0.6) is 0 Å². The molecule has 0 bridgehead atoms. The average molecular weight is 415 g/mol. The van der Waals surface area contributed by atoms with Crippen LogP contribution < -0.4 is 11.3 Å². The lowest BCUT2D eigenvalue weighted by molar-refractivity contribution is 0.614. The second-order valence-corrected chi connectivity index (χ2v) is 7.06. The summed E-state index contributed by atoms with van der Waals surface area (Å²) in [6.07, 6.45) is 6.21. The number of aryl methyl sites for hydroxylation is 1. The van der Waals surface area contributed by atoms with Crippen LogP contribution in [0.15, 0.2) is 72.3 Å². The molecule has 0 radical (unpaired) electrons. The molecule has 0 saturated carbocycles. The third kappa shape index (κ3) is 3.11. The number of fused-ring (bicyclic) bond motifs is 1. The number of hydrogen-bond acceptors (Lipinski definition) is 5. The Morgan fingerprint density at radius 3 is 2.45 bits per heavy atom. The quantitative estimate of drug-likeness (QED) is 0.487. The SMILES string of the molecule is Cc1nccn1-c1ccc(-n2cnc3ncn(-c4cccc(CN)c4)c3c2=O)c(F)c1. The fraction of sp³-hybridized carbons (Fsp3) is 0.0909. The Hall–Kier alpha value is -4.11. The number of benzene rings is 2. The molecule has 0 saturated heterocycles. The van der Waals surface area contributed by atoms with Crippen molar-refractivity contribution < 1.29 is 4.39 Å². The molecule has 0 atom stereocenters. The van der Waals surface area contributed by atoms with E-state index < -0.39 is 11.4 Å². The molecule has 3 heterocycles. The number of imidazole rings is 2. The highest BCUT2D eigenvalue weighted by Crippen LogP contribution is 2.20. The summed E-state index contributed by atoms with van der Waals surface area (Å²) < 4.78 is 19.6. The Bertz CT molecular complexity index is 1480. The highest BCUT2D eigenvalue weighted by atomic mass is 19.1. The highest BCUT2D eigenvalue weighted by Gasteiger charge is 2.16. The molecule has 2 aromatic carbocycles. The second-order valence-electron chi connectivity index (χ2n) is 7.06. The summed E-state index contributed by atoms with van der Waals surface area (Å²) >= 11 is 0. The Morgan fingerprint density at radius 2 is 1.74 bits per heavy atom. The molecule has 0 aliphatic heterocycles. The maximum Gasteiger partial charge on any atom is 0.284 e. The minimum Gasteiger partial charge on any atom is -0.326 e. The number of aromatic nitrogens is 6. The Balaban J connectivity index is 1.66. The number of nitrogens with two attached hydrogens (primary N) is 1. The van der Waals surface area contributed by atoms with E-state index in [4.69, 9.17) is 5.73 Å². The van der Waals surface area contributed by atoms with Gasteiger partial charge in [0.25, 0.3) is 5.56 Å². The summed E-state index contributed by atoms with van der Waals surface area (Å²) in [7, 11) is 0. The van der Waals surface area contributed by atoms with Crippen molar-refractivity contribution in [2.45, 2.75) is 13.5 Å². The van der Waals surface area contributed by atoms with Crippen molar-refractivity contribution in [2.24, 2.45) is 5.73 Å². The molecular weight excluding hydrogens is 397 g/mol. The van der Waals surface area contributed by atoms with Crippen LogP contribution in [0.1, 0.15) is 11.4 Å². The maximum atomic E-state index is 15.0. The van der Waals surface area contributed by atoms with Crippen LogP contribution in [0.4, 0.5) is 4.39 Å². The standard InChI is InChI=1S/C22H18FN7O/c1-14-25-7-8-28(14)17-5-6-19(18(23)10-17)30-13-27-21-20(22(30)31)29(12-26-21)16-4-2-3-15(9-16)11-24/h2-10,12-13H,11,24H2,1H3. The normalized spacial score (nSPS) is 11.3. The molecule has 0 unspecified atom stereocenters. The molecule has 0 spiro atoms. The first kappa shape index (κ1) is 18.9. The van der Waals surface area contributed by atoms with Crippen LogP contribution in [0, 0.1) is 12.7 Å². The van der Waals surface area contributed by atoms with E-state index in [1.54, 1.807) is 33.7 Å². The number of hydrogen-bond donors (Lipinski definition) is 1. The number of rotatable bonds is 4. The zero-order valence-electron chi connectivity index (χ0n) is 16.6. The van der Waals surface area contributed by atoms with Gasteiger partial charge in [-0.05, 0) is 36.8 Å². The van der Waals surface area contributed by atoms with Gasteiger partial charge < -0.3 is 10.3 Å². The zero-order chi connectivity index (χ0) is 21.5. The van der Waals surface area contributed by atoms with Crippen LogP contribution in [-0.2, 0) is 6.54 Å². The summed E-state index contributed by atoms with van der Waals surface area (Å²) in [5, 5.41) is 0. The van der Waals surface area contributed by atoms with E-state index in [2.05, 4.69) is 15.0 Å². The van der Waals surface area contributed by atoms with Gasteiger partial charge in [0.05, 0.1) is 5.69 Å². The lowest BCUT2D eigenvalue weighted by atomic mass is 10.2. The lowest BCUT2D eigenvalue weighted by Crippen LogP contribution is -2.21. The fourth-order valence-electron chi connectivity index (χ4n) is 3.60. The van der Waals surface area contributed by atoms with Crippen molar-refractivity contribution in [2.75, 3.05) is 0 Å². The van der Waals surface area contributed by atoms with Crippen LogP contribution in [-0.4, -0.2) is 28.7 Å². The van der Waals surface area contributed by atoms with Crippen LogP contribution in [0.2, 0.25) is 0 Å². The van der Waals surface area contributed by atoms with E-state index in [1.165, 1.54) is 23.3 Å². The Morgan fingerprint density at radius 1 is 0.968 bits per heavy atom. The number of halogens is 1. The third-order valence-electron chi connectivity index (χ3n) is 5.18. The van der Waals surface area contributed by atoms with E-state index in [-0.39, 0.29) is 16.9 Å². The van der Waals surface area contributed by atoms with Crippen molar-refractivity contribution in [1.29, 1.82) is 0 Å². The summed E-state index contributed by atoms with van der Waals surface area (Å²) in [5.41, 5.74) is 8.21. The molecule has 9 heteroatoms. The summed E-state index contributed by atoms with van der Waals surface area (Å²) in [6.45, 7) is 2.20. The molecule has 3 aromatic heterocycles. The molecule has 0 aliphatic rings. The van der Waals surface area contributed by atoms with Crippen LogP contribution >= 0.6 is 0 Å². The maximum absolute atomic E-state index is 15.0. The van der Waals surface area contributed by atoms with E-state index in [0.29, 0.717) is 12.2 Å². The summed E-state index contributed by atoms with van der Waals surface area (Å²) in [4.78, 5) is 26.0. The molecule has 0 fully saturated rings. The van der Waals surface area contributed by atoms with Crippen molar-refractivity contribution in [3.8, 4) is 17.1 Å². The Labute approximate surface area is 176 Å². The van der Waals surface area contributed by atoms with Gasteiger partial charge in [-0.3, -0.25) is 13.9 Å². The second kappa shape index (κ2) is 7.29. The molecular formula is C22H18FN7O. The smallest absolute Gasteiger partial charge is 0.284 e. The first-order valence-electron chi connectivity index (χ1n) is 9.61. The monoisotopic (exact) mass is 415 g/mol. The number of nitrogens with zero attached hydrogens (tertiary/aromatic N) is 6. The third-order valence-corrected chi connectivity index (χ3v) is 5.18. The van der Waals surface area contributed by atoms with Gasteiger partial charge in [0.1, 0.15) is 24.3 Å². The highest BCUT2D eigenvalue weighted by molar-refractivity contribution is 5.72. The van der Waals surface area contributed by atoms with Crippen molar-refractivity contribution >= 4 is 11.2 Å². The first-order chi connectivity index (χ1) is 15.1. The van der Waals surface area contributed by atoms with Crippen LogP contribution in [0.3, 0.4) is 0 Å². The molecule has 154 valence electrons. The van der Waals surface area contributed by atoms with Gasteiger partial charge in [-0.1, -0.05) is 12.1 Å². The minimum absolute atomic E-state index is 0.101. The van der Waals surface area contributed by atoms with Gasteiger partial charge >= 0.3 is 0 Å². The van der Waals surface area contributed by atoms with E-state index >= 15 is 4.39 Å². The average Bonchev–Trinajstić information content (AvgIpc) is 3.41. The van der Waals surface area contributed by atoms with Gasteiger partial charge in [-0.2, -0.15) is 0 Å². The van der Waals surface area contributed by atoms with E-state index in [1.807, 2.05) is 31.2 Å². The summed E-state index contributed by atoms with van der Waals surface area (Å²) in [6, 6.07) is 12.1. The predicted octanol–water partition coefficient (Wildman–Crippen LogP) is 2.66. The fourth-order valence-corrected chi connectivity index (χ4v) is 3.60. The zero-order valence-corrected chi connectivity index (χ0v) is 16.6. The van der Waals surface area contributed by atoms with Gasteiger partial charge in [-0.25, -0.2) is 19.3 Å². The van der Waals surface area contributed by atoms with Crippen molar-refractivity contribution in [3.63, 3.8) is 0 Å². The van der Waals surface area contributed by atoms with E-state index in [9.17, 15) is 4.79 Å². The molecule has 2 N–H and O–H groups in total. The first-order valence-corrected chi connectivity index (χ1v) is 9.61. The minimum atomic E-state index is -0.551. The molecule has 0 amide bonds. The van der Waals surface area contributed by atoms with Gasteiger partial charge in [0.15, 0.2) is 11.2 Å². The molecule has 5 rings (SSSR count). The topological polar surface area (TPSA) is 96.6 Å². The van der Waals surface area contributed by atoms with Crippen molar-refractivity contribution in [1.82, 2.24) is 28.7 Å². The van der Waals surface area contributed by atoms with Crippen molar-refractivity contribution in [3.05, 3.63) is 95.1 Å². The lowest BCUT2D eigenvalue weighted by Gasteiger charge is -2.11. The molecule has 5 aromatic rings.